The molecule has 2 rings (SSSR count). The van der Waals surface area contributed by atoms with Crippen LogP contribution in [0.3, 0.4) is 0 Å². The molecule has 16 heavy (non-hydrogen) atoms. The van der Waals surface area contributed by atoms with Gasteiger partial charge in [0.1, 0.15) is 5.82 Å². The Morgan fingerprint density at radius 2 is 2.19 bits per heavy atom. The zero-order chi connectivity index (χ0) is 11.5. The van der Waals surface area contributed by atoms with Gasteiger partial charge in [-0.25, -0.2) is 9.78 Å². The summed E-state index contributed by atoms with van der Waals surface area (Å²) in [7, 11) is 0. The molecule has 0 aromatic carbocycles. The van der Waals surface area contributed by atoms with Crippen molar-refractivity contribution in [2.45, 2.75) is 6.54 Å². The van der Waals surface area contributed by atoms with Gasteiger partial charge in [0, 0.05) is 18.5 Å². The van der Waals surface area contributed by atoms with Crippen LogP contribution in [-0.2, 0) is 6.54 Å². The predicted molar refractivity (Wildman–Crippen MR) is 59.1 cm³/mol. The molecule has 2 heterocycles. The number of rotatable bonds is 2. The van der Waals surface area contributed by atoms with Gasteiger partial charge >= 0.3 is 5.69 Å². The number of H-pyrrole nitrogens is 1. The highest BCUT2D eigenvalue weighted by Gasteiger charge is 1.99. The van der Waals surface area contributed by atoms with E-state index in [0.717, 1.165) is 5.56 Å². The number of anilines is 1. The first-order valence-corrected chi connectivity index (χ1v) is 4.65. The van der Waals surface area contributed by atoms with Crippen molar-refractivity contribution in [3.05, 3.63) is 57.0 Å². The number of pyridine rings is 1. The minimum atomic E-state index is -0.442. The Labute approximate surface area is 90.4 Å². The number of aromatic nitrogens is 3. The predicted octanol–water partition coefficient (Wildman–Crippen LogP) is -0.438. The van der Waals surface area contributed by atoms with Gasteiger partial charge in [0.15, 0.2) is 0 Å². The van der Waals surface area contributed by atoms with Crippen molar-refractivity contribution in [3.8, 4) is 0 Å². The van der Waals surface area contributed by atoms with Gasteiger partial charge in [0.25, 0.3) is 5.56 Å². The summed E-state index contributed by atoms with van der Waals surface area (Å²) in [6.07, 6.45) is 3.01. The second-order valence-electron chi connectivity index (χ2n) is 3.33. The lowest BCUT2D eigenvalue weighted by molar-refractivity contribution is 0.720. The van der Waals surface area contributed by atoms with E-state index in [4.69, 9.17) is 5.73 Å². The van der Waals surface area contributed by atoms with Gasteiger partial charge in [0.2, 0.25) is 0 Å². The van der Waals surface area contributed by atoms with Gasteiger partial charge in [-0.2, -0.15) is 0 Å². The van der Waals surface area contributed by atoms with Crippen LogP contribution in [0.4, 0.5) is 5.82 Å². The minimum Gasteiger partial charge on any atom is -0.384 e. The molecule has 0 saturated carbocycles. The number of nitrogens with zero attached hydrogens (tertiary/aromatic N) is 2. The normalized spacial score (nSPS) is 10.2. The summed E-state index contributed by atoms with van der Waals surface area (Å²) in [5.41, 5.74) is 5.52. The monoisotopic (exact) mass is 218 g/mol. The smallest absolute Gasteiger partial charge is 0.328 e. The van der Waals surface area contributed by atoms with Crippen LogP contribution in [0.15, 0.2) is 40.2 Å². The maximum Gasteiger partial charge on any atom is 0.328 e. The molecule has 6 heteroatoms. The number of hydrogen-bond acceptors (Lipinski definition) is 4. The summed E-state index contributed by atoms with van der Waals surface area (Å²) in [6, 6.07) is 4.73. The van der Waals surface area contributed by atoms with Gasteiger partial charge in [0.05, 0.1) is 6.54 Å². The Hall–Kier alpha value is -2.37. The van der Waals surface area contributed by atoms with Crippen molar-refractivity contribution in [1.82, 2.24) is 14.5 Å². The van der Waals surface area contributed by atoms with E-state index in [2.05, 4.69) is 9.97 Å². The number of hydrogen-bond donors (Lipinski definition) is 2. The van der Waals surface area contributed by atoms with E-state index in [9.17, 15) is 9.59 Å². The van der Waals surface area contributed by atoms with Gasteiger partial charge < -0.3 is 5.73 Å². The Balaban J connectivity index is 2.34. The van der Waals surface area contributed by atoms with Crippen LogP contribution in [0.5, 0.6) is 0 Å². The molecular formula is C10H10N4O2. The molecule has 0 aliphatic carbocycles. The van der Waals surface area contributed by atoms with E-state index in [1.165, 1.54) is 16.8 Å². The molecule has 0 aliphatic heterocycles. The minimum absolute atomic E-state index is 0.350. The number of nitrogen functional groups attached to an aromatic ring is 1. The Kier molecular flexibility index (Phi) is 2.55. The van der Waals surface area contributed by atoms with Crippen molar-refractivity contribution in [2.75, 3.05) is 5.73 Å². The van der Waals surface area contributed by atoms with Gasteiger partial charge in [-0.3, -0.25) is 14.3 Å². The van der Waals surface area contributed by atoms with Crippen LogP contribution in [0.1, 0.15) is 5.56 Å². The third-order valence-corrected chi connectivity index (χ3v) is 2.10. The Bertz CT molecular complexity index is 614. The molecule has 0 spiro atoms. The summed E-state index contributed by atoms with van der Waals surface area (Å²) >= 11 is 0. The second kappa shape index (κ2) is 4.01. The van der Waals surface area contributed by atoms with Crippen LogP contribution < -0.4 is 17.0 Å². The number of aromatic amines is 1. The lowest BCUT2D eigenvalue weighted by Crippen LogP contribution is -2.28. The largest absolute Gasteiger partial charge is 0.384 e. The molecule has 82 valence electrons. The van der Waals surface area contributed by atoms with Gasteiger partial charge in [-0.1, -0.05) is 0 Å². The van der Waals surface area contributed by atoms with Gasteiger partial charge in [-0.15, -0.1) is 0 Å². The highest BCUT2D eigenvalue weighted by Crippen LogP contribution is 2.03. The molecule has 2 aromatic heterocycles. The average molecular weight is 218 g/mol. The van der Waals surface area contributed by atoms with E-state index in [1.807, 2.05) is 0 Å². The fraction of sp³-hybridized carbons (Fsp3) is 0.100. The first-order chi connectivity index (χ1) is 7.65. The first-order valence-electron chi connectivity index (χ1n) is 4.65. The highest BCUT2D eigenvalue weighted by atomic mass is 16.2. The van der Waals surface area contributed by atoms with Crippen molar-refractivity contribution in [3.63, 3.8) is 0 Å². The quantitative estimate of drug-likeness (QED) is 0.714. The third kappa shape index (κ3) is 2.17. The summed E-state index contributed by atoms with van der Waals surface area (Å²) in [4.78, 5) is 28.3. The zero-order valence-electron chi connectivity index (χ0n) is 8.38. The van der Waals surface area contributed by atoms with Crippen LogP contribution in [0, 0.1) is 0 Å². The molecule has 0 unspecified atom stereocenters. The number of nitrogens with one attached hydrogen (secondary N) is 1. The van der Waals surface area contributed by atoms with E-state index in [0.29, 0.717) is 12.4 Å². The van der Waals surface area contributed by atoms with Crippen LogP contribution >= 0.6 is 0 Å². The van der Waals surface area contributed by atoms with E-state index >= 15 is 0 Å². The molecule has 0 aliphatic rings. The Morgan fingerprint density at radius 1 is 1.38 bits per heavy atom. The Morgan fingerprint density at radius 3 is 2.88 bits per heavy atom. The van der Waals surface area contributed by atoms with Crippen molar-refractivity contribution >= 4 is 5.82 Å². The maximum atomic E-state index is 11.4. The van der Waals surface area contributed by atoms with Gasteiger partial charge in [-0.05, 0) is 17.7 Å². The third-order valence-electron chi connectivity index (χ3n) is 2.10. The molecule has 6 nitrogen and oxygen atoms in total. The van der Waals surface area contributed by atoms with E-state index < -0.39 is 11.2 Å². The van der Waals surface area contributed by atoms with Crippen LogP contribution in [-0.4, -0.2) is 14.5 Å². The molecule has 0 amide bonds. The second-order valence-corrected chi connectivity index (χ2v) is 3.33. The summed E-state index contributed by atoms with van der Waals surface area (Å²) < 4.78 is 1.39. The topological polar surface area (TPSA) is 93.8 Å². The molecule has 0 fully saturated rings. The standard InChI is InChI=1S/C10H10N4O2/c11-8-5-7(1-3-12-8)6-14-4-2-9(15)13-10(14)16/h1-5H,6H2,(H2,11,12)(H,13,15,16). The molecule has 0 radical (unpaired) electrons. The average Bonchev–Trinajstić information content (AvgIpc) is 2.22. The maximum absolute atomic E-state index is 11.4. The first kappa shape index (κ1) is 10.2. The fourth-order valence-electron chi connectivity index (χ4n) is 1.36. The highest BCUT2D eigenvalue weighted by molar-refractivity contribution is 5.31. The number of nitrogens with two attached hydrogens (primary N) is 1. The molecule has 0 bridgehead atoms. The zero-order valence-corrected chi connectivity index (χ0v) is 8.38. The van der Waals surface area contributed by atoms with Crippen LogP contribution in [0.25, 0.3) is 0 Å². The van der Waals surface area contributed by atoms with Crippen LogP contribution in [0.2, 0.25) is 0 Å². The van der Waals surface area contributed by atoms with Crippen molar-refractivity contribution < 1.29 is 0 Å². The van der Waals surface area contributed by atoms with Crippen molar-refractivity contribution in [2.24, 2.45) is 0 Å². The summed E-state index contributed by atoms with van der Waals surface area (Å²) in [5.74, 6) is 0.398. The lowest BCUT2D eigenvalue weighted by atomic mass is 10.2. The SMILES string of the molecule is Nc1cc(Cn2ccc(=O)[nH]c2=O)ccn1. The van der Waals surface area contributed by atoms with Crippen molar-refractivity contribution in [1.29, 1.82) is 0 Å². The summed E-state index contributed by atoms with van der Waals surface area (Å²) in [5, 5.41) is 0. The summed E-state index contributed by atoms with van der Waals surface area (Å²) in [6.45, 7) is 0.350. The molecule has 0 saturated heterocycles. The molecule has 3 N–H and O–H groups in total. The van der Waals surface area contributed by atoms with E-state index in [1.54, 1.807) is 18.3 Å². The molecule has 0 atom stereocenters. The lowest BCUT2D eigenvalue weighted by Gasteiger charge is -2.04. The van der Waals surface area contributed by atoms with E-state index in [-0.39, 0.29) is 0 Å². The fourth-order valence-corrected chi connectivity index (χ4v) is 1.36. The molecular weight excluding hydrogens is 208 g/mol. The molecule has 2 aromatic rings.